The van der Waals surface area contributed by atoms with Gasteiger partial charge in [-0.1, -0.05) is 72.8 Å². The van der Waals surface area contributed by atoms with Crippen molar-refractivity contribution in [2.24, 2.45) is 0 Å². The molecule has 1 fully saturated rings. The smallest absolute Gasteiger partial charge is 0.339 e. The number of benzene rings is 4. The van der Waals surface area contributed by atoms with Crippen LogP contribution in [0.3, 0.4) is 0 Å². The van der Waals surface area contributed by atoms with Gasteiger partial charge >= 0.3 is 12.4 Å². The van der Waals surface area contributed by atoms with Gasteiger partial charge in [0.25, 0.3) is 11.8 Å². The summed E-state index contributed by atoms with van der Waals surface area (Å²) in [5.74, 6) is -3.03. The van der Waals surface area contributed by atoms with Crippen molar-refractivity contribution in [3.8, 4) is 0 Å². The number of hydrogen-bond donors (Lipinski definition) is 3. The molecule has 254 valence electrons. The predicted octanol–water partition coefficient (Wildman–Crippen LogP) is 7.45. The van der Waals surface area contributed by atoms with E-state index in [1.165, 1.54) is 36.4 Å². The highest BCUT2D eigenvalue weighted by molar-refractivity contribution is 6.05. The number of carbonyl (C=O) groups is 3. The number of amides is 3. The first-order valence-electron chi connectivity index (χ1n) is 15.6. The summed E-state index contributed by atoms with van der Waals surface area (Å²) >= 11 is 0. The summed E-state index contributed by atoms with van der Waals surface area (Å²) < 4.78 is 85.1. The van der Waals surface area contributed by atoms with Crippen LogP contribution in [0.25, 0.3) is 0 Å². The molecule has 6 rings (SSSR count). The molecule has 12 heteroatoms. The Bertz CT molecular complexity index is 1890. The minimum atomic E-state index is -4.81. The van der Waals surface area contributed by atoms with Gasteiger partial charge in [0, 0.05) is 17.7 Å². The molecule has 1 aliphatic heterocycles. The molecule has 0 saturated heterocycles. The topological polar surface area (TPSA) is 87.3 Å². The van der Waals surface area contributed by atoms with Crippen LogP contribution in [-0.4, -0.2) is 28.8 Å². The van der Waals surface area contributed by atoms with Crippen LogP contribution in [0.1, 0.15) is 63.4 Å². The van der Waals surface area contributed by atoms with Crippen LogP contribution in [0, 0.1) is 0 Å². The SMILES string of the molecule is O=C(NC1(C(=O)NC2(Cc3ccccc3C(F)(F)F)CC(Cc3ccccc3C(F)(F)F)c3ccccc3NC2=O)CC1)c1ccccc1. The third-order valence-electron chi connectivity index (χ3n) is 9.21. The third-order valence-corrected chi connectivity index (χ3v) is 9.21. The normalized spacial score (nSPS) is 20.0. The van der Waals surface area contributed by atoms with Crippen LogP contribution in [0.15, 0.2) is 103 Å². The Morgan fingerprint density at radius 3 is 1.90 bits per heavy atom. The van der Waals surface area contributed by atoms with Gasteiger partial charge in [-0.3, -0.25) is 14.4 Å². The summed E-state index contributed by atoms with van der Waals surface area (Å²) in [6, 6.07) is 24.2. The summed E-state index contributed by atoms with van der Waals surface area (Å²) in [6.45, 7) is 0. The molecule has 1 aliphatic carbocycles. The van der Waals surface area contributed by atoms with Crippen molar-refractivity contribution >= 4 is 23.4 Å². The fourth-order valence-electron chi connectivity index (χ4n) is 6.58. The summed E-state index contributed by atoms with van der Waals surface area (Å²) in [7, 11) is 0. The minimum absolute atomic E-state index is 0.0751. The molecule has 2 aliphatic rings. The Morgan fingerprint density at radius 1 is 0.714 bits per heavy atom. The summed E-state index contributed by atoms with van der Waals surface area (Å²) in [4.78, 5) is 41.6. The van der Waals surface area contributed by atoms with E-state index in [-0.39, 0.29) is 48.1 Å². The molecule has 2 unspecified atom stereocenters. The molecule has 4 aromatic carbocycles. The number of carbonyl (C=O) groups excluding carboxylic acids is 3. The molecule has 4 aromatic rings. The van der Waals surface area contributed by atoms with Gasteiger partial charge in [-0.2, -0.15) is 26.3 Å². The van der Waals surface area contributed by atoms with Gasteiger partial charge < -0.3 is 16.0 Å². The molecule has 1 saturated carbocycles. The summed E-state index contributed by atoms with van der Waals surface area (Å²) in [5.41, 5.74) is -4.78. The fraction of sp³-hybridized carbons (Fsp3) is 0.270. The number of hydrogen-bond acceptors (Lipinski definition) is 3. The highest BCUT2D eigenvalue weighted by Crippen LogP contribution is 2.44. The maximum absolute atomic E-state index is 14.3. The molecule has 0 bridgehead atoms. The number of rotatable bonds is 8. The summed E-state index contributed by atoms with van der Waals surface area (Å²) in [6.07, 6.45) is -10.3. The predicted molar refractivity (Wildman–Crippen MR) is 169 cm³/mol. The van der Waals surface area contributed by atoms with Crippen molar-refractivity contribution in [2.75, 3.05) is 5.32 Å². The van der Waals surface area contributed by atoms with Gasteiger partial charge in [0.2, 0.25) is 5.91 Å². The Labute approximate surface area is 277 Å². The van der Waals surface area contributed by atoms with Crippen LogP contribution in [0.4, 0.5) is 32.0 Å². The fourth-order valence-corrected chi connectivity index (χ4v) is 6.58. The van der Waals surface area contributed by atoms with E-state index in [0.717, 1.165) is 12.1 Å². The zero-order valence-electron chi connectivity index (χ0n) is 25.9. The lowest BCUT2D eigenvalue weighted by Crippen LogP contribution is -2.63. The second-order valence-corrected chi connectivity index (χ2v) is 12.6. The van der Waals surface area contributed by atoms with Crippen molar-refractivity contribution in [3.05, 3.63) is 137 Å². The van der Waals surface area contributed by atoms with Gasteiger partial charge in [0.1, 0.15) is 11.1 Å². The number of nitrogens with one attached hydrogen (secondary N) is 3. The number of halogens is 6. The van der Waals surface area contributed by atoms with Crippen molar-refractivity contribution in [2.45, 2.75) is 61.5 Å². The molecule has 0 aromatic heterocycles. The van der Waals surface area contributed by atoms with E-state index in [9.17, 15) is 40.7 Å². The van der Waals surface area contributed by atoms with Crippen LogP contribution < -0.4 is 16.0 Å². The van der Waals surface area contributed by atoms with E-state index >= 15 is 0 Å². The Hall–Kier alpha value is -5.13. The third kappa shape index (κ3) is 7.04. The standard InChI is InChI=1S/C37H31F6N3O3/c38-36(39,40)28-15-7-4-12-24(28)20-26-22-35(32(48)44-30-17-9-6-14-27(26)30,21-25-13-5-8-16-29(25)37(41,42)43)46-33(49)34(18-19-34)45-31(47)23-10-2-1-3-11-23/h1-17,26H,18-22H2,(H,44,48)(H,45,47)(H,46,49). The maximum atomic E-state index is 14.3. The monoisotopic (exact) mass is 679 g/mol. The second-order valence-electron chi connectivity index (χ2n) is 12.6. The average molecular weight is 680 g/mol. The zero-order chi connectivity index (χ0) is 35.0. The van der Waals surface area contributed by atoms with Gasteiger partial charge in [0.15, 0.2) is 0 Å². The lowest BCUT2D eigenvalue weighted by Gasteiger charge is -2.36. The summed E-state index contributed by atoms with van der Waals surface area (Å²) in [5, 5.41) is 8.23. The highest BCUT2D eigenvalue weighted by atomic mass is 19.4. The quantitative estimate of drug-likeness (QED) is 0.169. The largest absolute Gasteiger partial charge is 0.416 e. The molecule has 2 atom stereocenters. The molecule has 49 heavy (non-hydrogen) atoms. The van der Waals surface area contributed by atoms with Crippen LogP contribution in [0.5, 0.6) is 0 Å². The molecule has 1 heterocycles. The van der Waals surface area contributed by atoms with Crippen LogP contribution in [-0.2, 0) is 34.8 Å². The molecular formula is C37H31F6N3O3. The van der Waals surface area contributed by atoms with E-state index in [2.05, 4.69) is 16.0 Å². The Kier molecular flexibility index (Phi) is 8.76. The highest BCUT2D eigenvalue weighted by Gasteiger charge is 2.55. The van der Waals surface area contributed by atoms with Gasteiger partial charge in [0.05, 0.1) is 11.1 Å². The maximum Gasteiger partial charge on any atom is 0.416 e. The van der Waals surface area contributed by atoms with Crippen molar-refractivity contribution in [1.82, 2.24) is 10.6 Å². The van der Waals surface area contributed by atoms with Crippen molar-refractivity contribution in [3.63, 3.8) is 0 Å². The number of anilines is 1. The van der Waals surface area contributed by atoms with E-state index in [0.29, 0.717) is 5.56 Å². The average Bonchev–Trinajstić information content (AvgIpc) is 3.86. The van der Waals surface area contributed by atoms with Gasteiger partial charge in [-0.15, -0.1) is 0 Å². The van der Waals surface area contributed by atoms with Gasteiger partial charge in [-0.25, -0.2) is 0 Å². The van der Waals surface area contributed by atoms with Crippen molar-refractivity contribution in [1.29, 1.82) is 0 Å². The number of alkyl halides is 6. The lowest BCUT2D eigenvalue weighted by atomic mass is 9.76. The van der Waals surface area contributed by atoms with Crippen LogP contribution >= 0.6 is 0 Å². The van der Waals surface area contributed by atoms with Crippen LogP contribution in [0.2, 0.25) is 0 Å². The minimum Gasteiger partial charge on any atom is -0.339 e. The van der Waals surface area contributed by atoms with E-state index in [1.54, 1.807) is 54.6 Å². The molecule has 3 amide bonds. The Morgan fingerprint density at radius 2 is 1.27 bits per heavy atom. The van der Waals surface area contributed by atoms with E-state index < -0.39 is 64.6 Å². The van der Waals surface area contributed by atoms with E-state index in [4.69, 9.17) is 0 Å². The molecule has 0 radical (unpaired) electrons. The Balaban J connectivity index is 1.44. The first-order chi connectivity index (χ1) is 23.2. The molecule has 0 spiro atoms. The lowest BCUT2D eigenvalue weighted by molar-refractivity contribution is -0.139. The molecule has 6 nitrogen and oxygen atoms in total. The van der Waals surface area contributed by atoms with Gasteiger partial charge in [-0.05, 0) is 78.6 Å². The van der Waals surface area contributed by atoms with E-state index in [1.807, 2.05) is 0 Å². The zero-order valence-corrected chi connectivity index (χ0v) is 25.9. The number of fused-ring (bicyclic) bond motifs is 1. The first-order valence-corrected chi connectivity index (χ1v) is 15.6. The second kappa shape index (κ2) is 12.7. The van der Waals surface area contributed by atoms with Crippen molar-refractivity contribution < 1.29 is 40.7 Å². The first kappa shape index (κ1) is 33.8. The molecular weight excluding hydrogens is 648 g/mol. The molecule has 3 N–H and O–H groups in total. The number of para-hydroxylation sites is 1.